The average Bonchev–Trinajstić information content (AvgIpc) is 2.97. The van der Waals surface area contributed by atoms with Gasteiger partial charge in [-0.1, -0.05) is 13.8 Å². The van der Waals surface area contributed by atoms with E-state index in [-0.39, 0.29) is 29.6 Å². The largest absolute Gasteiger partial charge is 0.480 e. The van der Waals surface area contributed by atoms with E-state index in [2.05, 4.69) is 0 Å². The van der Waals surface area contributed by atoms with Crippen LogP contribution in [-0.2, 0) is 14.4 Å². The minimum absolute atomic E-state index is 0.230. The number of nitrogens with zero attached hydrogens (tertiary/aromatic N) is 1. The van der Waals surface area contributed by atoms with Gasteiger partial charge in [0, 0.05) is 0 Å². The van der Waals surface area contributed by atoms with Crippen molar-refractivity contribution in [2.75, 3.05) is 0 Å². The number of amides is 2. The predicted octanol–water partition coefficient (Wildman–Crippen LogP) is 1.13. The Labute approximate surface area is 112 Å². The van der Waals surface area contributed by atoms with E-state index in [4.69, 9.17) is 0 Å². The van der Waals surface area contributed by atoms with Crippen molar-refractivity contribution in [2.24, 2.45) is 29.6 Å². The number of carboxylic acid groups (broad SMARTS) is 1. The summed E-state index contributed by atoms with van der Waals surface area (Å²) >= 11 is 0. The highest BCUT2D eigenvalue weighted by Gasteiger charge is 2.62. The van der Waals surface area contributed by atoms with E-state index in [1.165, 1.54) is 0 Å². The van der Waals surface area contributed by atoms with Crippen molar-refractivity contribution in [2.45, 2.75) is 39.2 Å². The van der Waals surface area contributed by atoms with Gasteiger partial charge in [-0.15, -0.1) is 0 Å². The van der Waals surface area contributed by atoms with E-state index in [0.29, 0.717) is 11.8 Å². The number of carbonyl (C=O) groups excluding carboxylic acids is 2. The monoisotopic (exact) mass is 265 g/mol. The molecule has 5 nitrogen and oxygen atoms in total. The molecule has 2 amide bonds. The predicted molar refractivity (Wildman–Crippen MR) is 65.9 cm³/mol. The van der Waals surface area contributed by atoms with Crippen molar-refractivity contribution in [1.29, 1.82) is 0 Å². The first-order chi connectivity index (χ1) is 8.93. The van der Waals surface area contributed by atoms with E-state index in [9.17, 15) is 19.5 Å². The normalized spacial score (nSPS) is 38.2. The third-order valence-electron chi connectivity index (χ3n) is 5.12. The molecule has 0 spiro atoms. The minimum Gasteiger partial charge on any atom is -0.480 e. The summed E-state index contributed by atoms with van der Waals surface area (Å²) < 4.78 is 0. The molecule has 0 aromatic rings. The molecule has 1 N–H and O–H groups in total. The zero-order valence-electron chi connectivity index (χ0n) is 11.2. The molecule has 104 valence electrons. The van der Waals surface area contributed by atoms with E-state index in [0.717, 1.165) is 24.2 Å². The van der Waals surface area contributed by atoms with E-state index >= 15 is 0 Å². The lowest BCUT2D eigenvalue weighted by Crippen LogP contribution is -2.49. The highest BCUT2D eigenvalue weighted by Crippen LogP contribution is 2.56. The topological polar surface area (TPSA) is 74.7 Å². The highest BCUT2D eigenvalue weighted by molar-refractivity contribution is 6.08. The second kappa shape index (κ2) is 4.05. The summed E-state index contributed by atoms with van der Waals surface area (Å²) in [6, 6.07) is -1.01. The number of fused-ring (bicyclic) bond motifs is 5. The maximum atomic E-state index is 12.5. The molecule has 0 radical (unpaired) electrons. The summed E-state index contributed by atoms with van der Waals surface area (Å²) in [7, 11) is 0. The smallest absolute Gasteiger partial charge is 0.327 e. The van der Waals surface area contributed by atoms with Crippen molar-refractivity contribution in [3.05, 3.63) is 0 Å². The molecule has 3 aliphatic rings. The van der Waals surface area contributed by atoms with Crippen LogP contribution in [0.25, 0.3) is 0 Å². The Bertz CT molecular complexity index is 430. The molecule has 0 unspecified atom stereocenters. The average molecular weight is 265 g/mol. The van der Waals surface area contributed by atoms with Crippen LogP contribution in [0.3, 0.4) is 0 Å². The lowest BCUT2D eigenvalue weighted by molar-refractivity contribution is -0.157. The Morgan fingerprint density at radius 3 is 2.00 bits per heavy atom. The Balaban J connectivity index is 1.94. The van der Waals surface area contributed by atoms with E-state index < -0.39 is 12.0 Å². The second-order valence-corrected chi connectivity index (χ2v) is 6.46. The molecular formula is C14H19NO4. The minimum atomic E-state index is -1.08. The zero-order chi connectivity index (χ0) is 13.9. The standard InChI is InChI=1S/C14H19NO4/c1-6(2)11(14(18)19)15-12(16)9-7-3-4-8(5-7)10(9)13(15)17/h6-11H,3-5H2,1-2H3,(H,18,19)/t7-,8-,9-,10+,11+/m1/s1. The van der Waals surface area contributed by atoms with Crippen LogP contribution in [0.15, 0.2) is 0 Å². The van der Waals surface area contributed by atoms with Crippen LogP contribution in [0.1, 0.15) is 33.1 Å². The molecule has 1 heterocycles. The van der Waals surface area contributed by atoms with Crippen LogP contribution < -0.4 is 0 Å². The summed E-state index contributed by atoms with van der Waals surface area (Å²) in [6.07, 6.45) is 3.00. The Morgan fingerprint density at radius 1 is 1.16 bits per heavy atom. The van der Waals surface area contributed by atoms with Crippen LogP contribution in [0, 0.1) is 29.6 Å². The number of hydrogen-bond donors (Lipinski definition) is 1. The molecule has 2 bridgehead atoms. The third-order valence-corrected chi connectivity index (χ3v) is 5.12. The first-order valence-electron chi connectivity index (χ1n) is 7.03. The fourth-order valence-corrected chi connectivity index (χ4v) is 4.40. The van der Waals surface area contributed by atoms with Gasteiger partial charge >= 0.3 is 5.97 Å². The van der Waals surface area contributed by atoms with E-state index in [1.807, 2.05) is 0 Å². The van der Waals surface area contributed by atoms with Crippen molar-refractivity contribution >= 4 is 17.8 Å². The van der Waals surface area contributed by atoms with Gasteiger partial charge in [-0.3, -0.25) is 14.5 Å². The molecular weight excluding hydrogens is 246 g/mol. The van der Waals surface area contributed by atoms with Crippen LogP contribution in [0.2, 0.25) is 0 Å². The van der Waals surface area contributed by atoms with Gasteiger partial charge in [0.25, 0.3) is 0 Å². The summed E-state index contributed by atoms with van der Waals surface area (Å²) in [6.45, 7) is 3.48. The van der Waals surface area contributed by atoms with Crippen molar-refractivity contribution < 1.29 is 19.5 Å². The van der Waals surface area contributed by atoms with Crippen molar-refractivity contribution in [1.82, 2.24) is 4.90 Å². The molecule has 5 heteroatoms. The number of likely N-dealkylation sites (tertiary alicyclic amines) is 1. The molecule has 19 heavy (non-hydrogen) atoms. The van der Waals surface area contributed by atoms with Crippen LogP contribution in [0.4, 0.5) is 0 Å². The van der Waals surface area contributed by atoms with Crippen molar-refractivity contribution in [3.8, 4) is 0 Å². The molecule has 2 saturated carbocycles. The quantitative estimate of drug-likeness (QED) is 0.776. The maximum absolute atomic E-state index is 12.5. The van der Waals surface area contributed by atoms with Gasteiger partial charge in [0.05, 0.1) is 11.8 Å². The highest BCUT2D eigenvalue weighted by atomic mass is 16.4. The van der Waals surface area contributed by atoms with Gasteiger partial charge in [-0.05, 0) is 37.0 Å². The zero-order valence-corrected chi connectivity index (χ0v) is 11.2. The first kappa shape index (κ1) is 12.6. The lowest BCUT2D eigenvalue weighted by Gasteiger charge is -2.27. The lowest BCUT2D eigenvalue weighted by atomic mass is 9.81. The second-order valence-electron chi connectivity index (χ2n) is 6.46. The first-order valence-corrected chi connectivity index (χ1v) is 7.03. The third kappa shape index (κ3) is 1.56. The van der Waals surface area contributed by atoms with Crippen LogP contribution in [0.5, 0.6) is 0 Å². The summed E-state index contributed by atoms with van der Waals surface area (Å²) in [5.74, 6) is -1.66. The SMILES string of the molecule is CC(C)[C@@H](C(=O)O)N1C(=O)[C@@H]2[C@@H]3CC[C@H](C3)[C@@H]2C1=O. The van der Waals surface area contributed by atoms with Gasteiger partial charge < -0.3 is 5.11 Å². The number of carboxylic acids is 1. The van der Waals surface area contributed by atoms with E-state index in [1.54, 1.807) is 13.8 Å². The Kier molecular flexibility index (Phi) is 2.69. The van der Waals surface area contributed by atoms with Crippen LogP contribution >= 0.6 is 0 Å². The van der Waals surface area contributed by atoms with Crippen LogP contribution in [-0.4, -0.2) is 33.8 Å². The summed E-state index contributed by atoms with van der Waals surface area (Å²) in [4.78, 5) is 37.4. The molecule has 0 aromatic carbocycles. The Morgan fingerprint density at radius 2 is 1.63 bits per heavy atom. The number of hydrogen-bond acceptors (Lipinski definition) is 3. The maximum Gasteiger partial charge on any atom is 0.327 e. The number of aliphatic carboxylic acids is 1. The van der Waals surface area contributed by atoms with Gasteiger partial charge in [0.2, 0.25) is 11.8 Å². The van der Waals surface area contributed by atoms with Gasteiger partial charge in [-0.25, -0.2) is 4.79 Å². The summed E-state index contributed by atoms with van der Waals surface area (Å²) in [5, 5.41) is 9.30. The van der Waals surface area contributed by atoms with Gasteiger partial charge in [0.15, 0.2) is 0 Å². The van der Waals surface area contributed by atoms with Gasteiger partial charge in [-0.2, -0.15) is 0 Å². The molecule has 2 aliphatic carbocycles. The fraction of sp³-hybridized carbons (Fsp3) is 0.786. The molecule has 3 rings (SSSR count). The number of rotatable bonds is 3. The molecule has 3 fully saturated rings. The molecule has 1 saturated heterocycles. The Hall–Kier alpha value is -1.39. The fourth-order valence-electron chi connectivity index (χ4n) is 4.40. The number of imide groups is 1. The molecule has 0 aromatic heterocycles. The van der Waals surface area contributed by atoms with Crippen molar-refractivity contribution in [3.63, 3.8) is 0 Å². The van der Waals surface area contributed by atoms with Gasteiger partial charge in [0.1, 0.15) is 6.04 Å². The summed E-state index contributed by atoms with van der Waals surface area (Å²) in [5.41, 5.74) is 0. The number of carbonyl (C=O) groups is 3. The molecule has 5 atom stereocenters. The molecule has 1 aliphatic heterocycles.